The topological polar surface area (TPSA) is 72.9 Å². The van der Waals surface area contributed by atoms with Gasteiger partial charge in [-0.3, -0.25) is 9.59 Å². The summed E-state index contributed by atoms with van der Waals surface area (Å²) in [5.41, 5.74) is 0. The molecule has 7 heteroatoms. The molecule has 1 aliphatic rings. The minimum absolute atomic E-state index is 0.0219. The summed E-state index contributed by atoms with van der Waals surface area (Å²) in [5, 5.41) is 0. The number of nitrogens with zero attached hydrogens (tertiary/aromatic N) is 1. The highest BCUT2D eigenvalue weighted by Crippen LogP contribution is 2.09. The van der Waals surface area contributed by atoms with E-state index in [0.717, 1.165) is 0 Å². The number of amides is 2. The Morgan fingerprint density at radius 2 is 2.07 bits per heavy atom. The average molecular weight is 219 g/mol. The zero-order valence-corrected chi connectivity index (χ0v) is 8.07. The van der Waals surface area contributed by atoms with Crippen molar-refractivity contribution in [3.63, 3.8) is 0 Å². The lowest BCUT2D eigenvalue weighted by molar-refractivity contribution is -0.177. The number of rotatable bonds is 3. The van der Waals surface area contributed by atoms with Crippen LogP contribution in [0.15, 0.2) is 0 Å². The van der Waals surface area contributed by atoms with E-state index in [-0.39, 0.29) is 11.5 Å². The number of imide groups is 1. The van der Waals surface area contributed by atoms with Gasteiger partial charge in [-0.05, 0) is 6.92 Å². The predicted molar refractivity (Wildman–Crippen MR) is 44.2 cm³/mol. The molecule has 0 aromatic heterocycles. The first-order valence-electron chi connectivity index (χ1n) is 4.31. The van der Waals surface area contributed by atoms with Crippen LogP contribution in [-0.2, 0) is 23.9 Å². The van der Waals surface area contributed by atoms with Gasteiger partial charge in [0.15, 0.2) is 0 Å². The quantitative estimate of drug-likeness (QED) is 0.354. The lowest BCUT2D eigenvalue weighted by Crippen LogP contribution is -2.53. The Morgan fingerprint density at radius 1 is 1.53 bits per heavy atom. The summed E-state index contributed by atoms with van der Waals surface area (Å²) >= 11 is 0. The van der Waals surface area contributed by atoms with Crippen molar-refractivity contribution in [3.05, 3.63) is 0 Å². The molecule has 15 heavy (non-hydrogen) atoms. The minimum atomic E-state index is -2.38. The molecule has 1 heterocycles. The van der Waals surface area contributed by atoms with Gasteiger partial charge in [0.25, 0.3) is 18.1 Å². The highest BCUT2D eigenvalue weighted by Gasteiger charge is 2.38. The van der Waals surface area contributed by atoms with E-state index >= 15 is 0 Å². The fraction of sp³-hybridized carbons (Fsp3) is 0.625. The molecule has 0 bridgehead atoms. The summed E-state index contributed by atoms with van der Waals surface area (Å²) in [4.78, 5) is 33.3. The van der Waals surface area contributed by atoms with Crippen LogP contribution in [0.3, 0.4) is 0 Å². The molecule has 1 aliphatic heterocycles. The van der Waals surface area contributed by atoms with Crippen LogP contribution in [-0.4, -0.2) is 48.8 Å². The Balaban J connectivity index is 2.71. The predicted octanol–water partition coefficient (Wildman–Crippen LogP) is -0.770. The smallest absolute Gasteiger partial charge is 0.362 e. The molecule has 1 fully saturated rings. The molecule has 2 amide bonds. The zero-order valence-electron chi connectivity index (χ0n) is 8.07. The summed E-state index contributed by atoms with van der Waals surface area (Å²) in [6.45, 7) is 0.649. The third kappa shape index (κ3) is 2.50. The van der Waals surface area contributed by atoms with Crippen molar-refractivity contribution in [1.82, 2.24) is 4.90 Å². The maximum Gasteiger partial charge on any atom is 0.362 e. The second kappa shape index (κ2) is 4.83. The van der Waals surface area contributed by atoms with Crippen molar-refractivity contribution in [2.75, 3.05) is 19.8 Å². The van der Waals surface area contributed by atoms with Crippen LogP contribution in [0.25, 0.3) is 0 Å². The van der Waals surface area contributed by atoms with Gasteiger partial charge in [-0.1, -0.05) is 0 Å². The Kier molecular flexibility index (Phi) is 3.73. The van der Waals surface area contributed by atoms with Crippen LogP contribution in [0.2, 0.25) is 0 Å². The summed E-state index contributed by atoms with van der Waals surface area (Å²) in [6.07, 6.45) is -2.38. The molecular weight excluding hydrogens is 209 g/mol. The van der Waals surface area contributed by atoms with Crippen molar-refractivity contribution in [1.29, 1.82) is 0 Å². The first-order chi connectivity index (χ1) is 7.07. The zero-order chi connectivity index (χ0) is 11.4. The average Bonchev–Trinajstić information content (AvgIpc) is 2.17. The van der Waals surface area contributed by atoms with Crippen LogP contribution in [0.4, 0.5) is 4.39 Å². The van der Waals surface area contributed by atoms with Gasteiger partial charge in [0.1, 0.15) is 13.2 Å². The Hall–Kier alpha value is -1.50. The van der Waals surface area contributed by atoms with Gasteiger partial charge in [0, 0.05) is 0 Å². The number of ether oxygens (including phenoxy) is 2. The fourth-order valence-electron chi connectivity index (χ4n) is 1.07. The van der Waals surface area contributed by atoms with Crippen molar-refractivity contribution in [2.45, 2.75) is 13.2 Å². The lowest BCUT2D eigenvalue weighted by Gasteiger charge is -2.26. The van der Waals surface area contributed by atoms with Crippen molar-refractivity contribution >= 4 is 17.8 Å². The van der Waals surface area contributed by atoms with Crippen molar-refractivity contribution in [2.24, 2.45) is 0 Å². The van der Waals surface area contributed by atoms with Crippen LogP contribution in [0, 0.1) is 0 Å². The third-order valence-electron chi connectivity index (χ3n) is 1.70. The molecule has 0 aromatic carbocycles. The van der Waals surface area contributed by atoms with Crippen molar-refractivity contribution < 1.29 is 28.2 Å². The standard InChI is InChI=1S/C8H10FNO5/c1-2-15-8(13)7(9)10-5(11)3-14-4-6(10)12/h7H,2-4H2,1H3. The van der Waals surface area contributed by atoms with Gasteiger partial charge in [-0.25, -0.2) is 14.1 Å². The molecule has 1 rings (SSSR count). The van der Waals surface area contributed by atoms with E-state index in [9.17, 15) is 18.8 Å². The molecule has 0 radical (unpaired) electrons. The van der Waals surface area contributed by atoms with E-state index in [0.29, 0.717) is 0 Å². The number of morpholine rings is 1. The molecule has 84 valence electrons. The Morgan fingerprint density at radius 3 is 2.53 bits per heavy atom. The monoisotopic (exact) mass is 219 g/mol. The molecule has 0 aliphatic carbocycles. The molecule has 1 saturated heterocycles. The minimum Gasteiger partial charge on any atom is -0.462 e. The second-order valence-electron chi connectivity index (χ2n) is 2.74. The molecule has 0 spiro atoms. The molecule has 1 atom stereocenters. The fourth-order valence-corrected chi connectivity index (χ4v) is 1.07. The normalized spacial score (nSPS) is 18.9. The highest BCUT2D eigenvalue weighted by molar-refractivity contribution is 6.01. The lowest BCUT2D eigenvalue weighted by atomic mass is 10.3. The highest BCUT2D eigenvalue weighted by atomic mass is 19.1. The maximum atomic E-state index is 13.3. The van der Waals surface area contributed by atoms with E-state index in [2.05, 4.69) is 9.47 Å². The molecular formula is C8H10FNO5. The summed E-state index contributed by atoms with van der Waals surface area (Å²) < 4.78 is 22.2. The number of esters is 1. The Labute approximate surface area is 84.9 Å². The van der Waals surface area contributed by atoms with Gasteiger partial charge < -0.3 is 9.47 Å². The first-order valence-corrected chi connectivity index (χ1v) is 4.31. The van der Waals surface area contributed by atoms with Crippen LogP contribution in [0.5, 0.6) is 0 Å². The summed E-state index contributed by atoms with van der Waals surface area (Å²) in [7, 11) is 0. The molecule has 0 saturated carbocycles. The summed E-state index contributed by atoms with van der Waals surface area (Å²) in [6, 6.07) is 0. The third-order valence-corrected chi connectivity index (χ3v) is 1.70. The molecule has 0 N–H and O–H groups in total. The number of hydrogen-bond acceptors (Lipinski definition) is 5. The Bertz CT molecular complexity index is 277. The molecule has 6 nitrogen and oxygen atoms in total. The van der Waals surface area contributed by atoms with Crippen LogP contribution < -0.4 is 0 Å². The second-order valence-corrected chi connectivity index (χ2v) is 2.74. The van der Waals surface area contributed by atoms with Gasteiger partial charge in [0.05, 0.1) is 6.61 Å². The van der Waals surface area contributed by atoms with Crippen LogP contribution in [0.1, 0.15) is 6.92 Å². The van der Waals surface area contributed by atoms with E-state index < -0.39 is 37.3 Å². The number of hydrogen-bond donors (Lipinski definition) is 0. The molecule has 1 unspecified atom stereocenters. The van der Waals surface area contributed by atoms with Crippen LogP contribution >= 0.6 is 0 Å². The van der Waals surface area contributed by atoms with Gasteiger partial charge in [0.2, 0.25) is 0 Å². The summed E-state index contributed by atoms with van der Waals surface area (Å²) in [5.74, 6) is -3.01. The van der Waals surface area contributed by atoms with E-state index in [1.807, 2.05) is 0 Å². The van der Waals surface area contributed by atoms with Gasteiger partial charge in [-0.15, -0.1) is 0 Å². The van der Waals surface area contributed by atoms with Gasteiger partial charge in [-0.2, -0.15) is 0 Å². The first kappa shape index (κ1) is 11.6. The molecule has 0 aromatic rings. The van der Waals surface area contributed by atoms with E-state index in [1.165, 1.54) is 6.92 Å². The maximum absolute atomic E-state index is 13.3. The van der Waals surface area contributed by atoms with E-state index in [4.69, 9.17) is 0 Å². The SMILES string of the molecule is CCOC(=O)C(F)N1C(=O)COCC1=O. The largest absolute Gasteiger partial charge is 0.462 e. The number of carbonyl (C=O) groups is 3. The van der Waals surface area contributed by atoms with Crippen molar-refractivity contribution in [3.8, 4) is 0 Å². The number of halogens is 1. The number of alkyl halides is 1. The van der Waals surface area contributed by atoms with Gasteiger partial charge >= 0.3 is 5.97 Å². The van der Waals surface area contributed by atoms with E-state index in [1.54, 1.807) is 0 Å². The number of carbonyl (C=O) groups excluding carboxylic acids is 3.